The lowest BCUT2D eigenvalue weighted by molar-refractivity contribution is 0.100. The molecule has 3 rings (SSSR count). The van der Waals surface area contributed by atoms with Crippen molar-refractivity contribution in [3.8, 4) is 5.69 Å². The van der Waals surface area contributed by atoms with E-state index in [1.54, 1.807) is 18.6 Å². The molecule has 0 bridgehead atoms. The number of nitrogens with zero attached hydrogens (tertiary/aromatic N) is 3. The number of hydrogen-bond donors (Lipinski definition) is 2. The molecule has 6 heteroatoms. The molecule has 0 fully saturated rings. The summed E-state index contributed by atoms with van der Waals surface area (Å²) in [5.41, 5.74) is 13.0. The van der Waals surface area contributed by atoms with E-state index < -0.39 is 5.91 Å². The van der Waals surface area contributed by atoms with Crippen LogP contribution in [0.2, 0.25) is 0 Å². The van der Waals surface area contributed by atoms with Crippen molar-refractivity contribution in [3.63, 3.8) is 0 Å². The number of nitrogens with two attached hydrogens (primary N) is 2. The summed E-state index contributed by atoms with van der Waals surface area (Å²) in [6.07, 6.45) is 6.40. The highest BCUT2D eigenvalue weighted by molar-refractivity contribution is 5.96. The molecule has 19 heavy (non-hydrogen) atoms. The molecule has 0 saturated carbocycles. The molecule has 2 heterocycles. The molecule has 0 saturated heterocycles. The highest BCUT2D eigenvalue weighted by Crippen LogP contribution is 2.26. The molecule has 94 valence electrons. The second-order valence-corrected chi connectivity index (χ2v) is 4.13. The molecule has 6 nitrogen and oxygen atoms in total. The van der Waals surface area contributed by atoms with Crippen molar-refractivity contribution in [1.29, 1.82) is 0 Å². The van der Waals surface area contributed by atoms with E-state index in [1.807, 2.05) is 18.2 Å². The van der Waals surface area contributed by atoms with Gasteiger partial charge in [0.25, 0.3) is 5.91 Å². The van der Waals surface area contributed by atoms with Crippen LogP contribution in [0.15, 0.2) is 43.0 Å². The summed E-state index contributed by atoms with van der Waals surface area (Å²) in [7, 11) is 0. The Balaban J connectivity index is 2.19. The molecule has 0 atom stereocenters. The van der Waals surface area contributed by atoms with E-state index in [1.165, 1.54) is 10.9 Å². The van der Waals surface area contributed by atoms with Crippen LogP contribution in [0.3, 0.4) is 0 Å². The van der Waals surface area contributed by atoms with Gasteiger partial charge in [0.2, 0.25) is 0 Å². The van der Waals surface area contributed by atoms with E-state index in [-0.39, 0.29) is 0 Å². The van der Waals surface area contributed by atoms with Crippen LogP contribution >= 0.6 is 0 Å². The molecule has 0 radical (unpaired) electrons. The van der Waals surface area contributed by atoms with Gasteiger partial charge in [-0.05, 0) is 12.1 Å². The predicted molar refractivity (Wildman–Crippen MR) is 71.8 cm³/mol. The van der Waals surface area contributed by atoms with Gasteiger partial charge in [-0.25, -0.2) is 4.68 Å². The maximum atomic E-state index is 11.1. The maximum Gasteiger partial charge on any atom is 0.251 e. The summed E-state index contributed by atoms with van der Waals surface area (Å²) in [6.45, 7) is 0. The highest BCUT2D eigenvalue weighted by Gasteiger charge is 2.09. The van der Waals surface area contributed by atoms with Gasteiger partial charge in [-0.1, -0.05) is 6.07 Å². The Morgan fingerprint density at radius 1 is 1.21 bits per heavy atom. The fourth-order valence-electron chi connectivity index (χ4n) is 1.96. The molecular weight excluding hydrogens is 242 g/mol. The van der Waals surface area contributed by atoms with Crippen LogP contribution in [0.5, 0.6) is 0 Å². The summed E-state index contributed by atoms with van der Waals surface area (Å²) >= 11 is 0. The van der Waals surface area contributed by atoms with Crippen molar-refractivity contribution in [2.24, 2.45) is 5.73 Å². The first kappa shape index (κ1) is 11.2. The third-order valence-corrected chi connectivity index (χ3v) is 2.95. The normalized spacial score (nSPS) is 10.7. The number of aromatic nitrogens is 3. The Hall–Kier alpha value is -2.89. The SMILES string of the molecule is NC(=O)c1cnn(-c2ccc3cnccc3c2N)c1. The van der Waals surface area contributed by atoms with Gasteiger partial charge in [-0.3, -0.25) is 9.78 Å². The van der Waals surface area contributed by atoms with Crippen molar-refractivity contribution in [2.45, 2.75) is 0 Å². The van der Waals surface area contributed by atoms with Gasteiger partial charge in [0.15, 0.2) is 0 Å². The van der Waals surface area contributed by atoms with Gasteiger partial charge in [-0.2, -0.15) is 5.10 Å². The molecular formula is C13H11N5O. The van der Waals surface area contributed by atoms with Crippen molar-refractivity contribution < 1.29 is 4.79 Å². The van der Waals surface area contributed by atoms with E-state index in [4.69, 9.17) is 11.5 Å². The first-order valence-electron chi connectivity index (χ1n) is 5.64. The Morgan fingerprint density at radius 2 is 2.05 bits per heavy atom. The molecule has 1 aromatic carbocycles. The number of anilines is 1. The molecule has 4 N–H and O–H groups in total. The zero-order valence-corrected chi connectivity index (χ0v) is 9.95. The summed E-state index contributed by atoms with van der Waals surface area (Å²) in [4.78, 5) is 15.1. The van der Waals surface area contributed by atoms with Crippen molar-refractivity contribution >= 4 is 22.4 Å². The predicted octanol–water partition coefficient (Wildman–Crippen LogP) is 1.10. The van der Waals surface area contributed by atoms with Crippen LogP contribution in [0.1, 0.15) is 10.4 Å². The number of benzene rings is 1. The lowest BCUT2D eigenvalue weighted by Crippen LogP contribution is -2.09. The number of hydrogen-bond acceptors (Lipinski definition) is 4. The number of pyridine rings is 1. The van der Waals surface area contributed by atoms with E-state index in [0.29, 0.717) is 16.9 Å². The Morgan fingerprint density at radius 3 is 2.79 bits per heavy atom. The minimum Gasteiger partial charge on any atom is -0.396 e. The summed E-state index contributed by atoms with van der Waals surface area (Å²) < 4.78 is 1.54. The van der Waals surface area contributed by atoms with Gasteiger partial charge >= 0.3 is 0 Å². The number of rotatable bonds is 2. The Kier molecular flexibility index (Phi) is 2.42. The largest absolute Gasteiger partial charge is 0.396 e. The first-order chi connectivity index (χ1) is 9.16. The number of carbonyl (C=O) groups excluding carboxylic acids is 1. The molecule has 0 unspecified atom stereocenters. The van der Waals surface area contributed by atoms with Gasteiger partial charge in [0, 0.05) is 29.4 Å². The van der Waals surface area contributed by atoms with E-state index in [0.717, 1.165) is 10.8 Å². The smallest absolute Gasteiger partial charge is 0.251 e. The number of fused-ring (bicyclic) bond motifs is 1. The van der Waals surface area contributed by atoms with Gasteiger partial charge in [0.1, 0.15) is 0 Å². The maximum absolute atomic E-state index is 11.1. The quantitative estimate of drug-likeness (QED) is 0.668. The Labute approximate surface area is 108 Å². The second-order valence-electron chi connectivity index (χ2n) is 4.13. The summed E-state index contributed by atoms with van der Waals surface area (Å²) in [5.74, 6) is -0.519. The third-order valence-electron chi connectivity index (χ3n) is 2.95. The van der Waals surface area contributed by atoms with Crippen molar-refractivity contribution in [1.82, 2.24) is 14.8 Å². The zero-order chi connectivity index (χ0) is 13.4. The van der Waals surface area contributed by atoms with Crippen LogP contribution < -0.4 is 11.5 Å². The van der Waals surface area contributed by atoms with Gasteiger partial charge in [-0.15, -0.1) is 0 Å². The monoisotopic (exact) mass is 253 g/mol. The standard InChI is InChI=1S/C13H11N5O/c14-12-10-3-4-16-5-8(10)1-2-11(12)18-7-9(6-17-18)13(15)19/h1-7H,14H2,(H2,15,19). The zero-order valence-electron chi connectivity index (χ0n) is 9.95. The fourth-order valence-corrected chi connectivity index (χ4v) is 1.96. The number of primary amides is 1. The lowest BCUT2D eigenvalue weighted by Gasteiger charge is -2.08. The molecule has 0 aliphatic carbocycles. The molecule has 0 spiro atoms. The first-order valence-corrected chi connectivity index (χ1v) is 5.64. The average molecular weight is 253 g/mol. The topological polar surface area (TPSA) is 99.8 Å². The third kappa shape index (κ3) is 1.79. The minimum absolute atomic E-state index is 0.342. The van der Waals surface area contributed by atoms with Gasteiger partial charge in [0.05, 0.1) is 23.1 Å². The lowest BCUT2D eigenvalue weighted by atomic mass is 10.1. The summed E-state index contributed by atoms with van der Waals surface area (Å²) in [6, 6.07) is 5.57. The van der Waals surface area contributed by atoms with Crippen molar-refractivity contribution in [3.05, 3.63) is 48.5 Å². The van der Waals surface area contributed by atoms with Crippen LogP contribution in [0.4, 0.5) is 5.69 Å². The van der Waals surface area contributed by atoms with Gasteiger partial charge < -0.3 is 11.5 Å². The minimum atomic E-state index is -0.519. The Bertz CT molecular complexity index is 778. The summed E-state index contributed by atoms with van der Waals surface area (Å²) in [5, 5.41) is 5.94. The number of nitrogen functional groups attached to an aromatic ring is 1. The van der Waals surface area contributed by atoms with Crippen molar-refractivity contribution in [2.75, 3.05) is 5.73 Å². The number of amides is 1. The number of carbonyl (C=O) groups is 1. The average Bonchev–Trinajstić information content (AvgIpc) is 2.89. The van der Waals surface area contributed by atoms with E-state index >= 15 is 0 Å². The van der Waals surface area contributed by atoms with E-state index in [2.05, 4.69) is 10.1 Å². The van der Waals surface area contributed by atoms with Crippen LogP contribution in [0.25, 0.3) is 16.5 Å². The van der Waals surface area contributed by atoms with Crippen LogP contribution in [-0.2, 0) is 0 Å². The van der Waals surface area contributed by atoms with E-state index in [9.17, 15) is 4.79 Å². The molecule has 3 aromatic rings. The fraction of sp³-hybridized carbons (Fsp3) is 0. The second kappa shape index (κ2) is 4.09. The molecule has 2 aromatic heterocycles. The van der Waals surface area contributed by atoms with Crippen LogP contribution in [-0.4, -0.2) is 20.7 Å². The highest BCUT2D eigenvalue weighted by atomic mass is 16.1. The molecule has 1 amide bonds. The molecule has 0 aliphatic rings. The molecule has 0 aliphatic heterocycles. The van der Waals surface area contributed by atoms with Crippen LogP contribution in [0, 0.1) is 0 Å².